The van der Waals surface area contributed by atoms with Crippen LogP contribution in [0.5, 0.6) is 0 Å². The number of carbonyl (C=O) groups is 2. The molecule has 0 saturated carbocycles. The van der Waals surface area contributed by atoms with Crippen LogP contribution < -0.4 is 5.32 Å². The predicted octanol–water partition coefficient (Wildman–Crippen LogP) is 7.83. The lowest BCUT2D eigenvalue weighted by Crippen LogP contribution is -2.32. The van der Waals surface area contributed by atoms with Crippen molar-refractivity contribution in [3.8, 4) is 0 Å². The molecule has 1 aliphatic rings. The number of carbonyl (C=O) groups excluding carboxylic acids is 2. The SMILES string of the molecule is CCOC(=O)C(C)(C)CCCCCC(c1ccccc1Cl)C1CNc2c(ccn2C(=O)OC(C)(C)C)C1. The molecule has 37 heavy (non-hydrogen) atoms. The number of ether oxygens (including phenoxy) is 2. The van der Waals surface area contributed by atoms with Gasteiger partial charge in [0.25, 0.3) is 0 Å². The number of esters is 1. The number of hydrogen-bond donors (Lipinski definition) is 1. The first-order chi connectivity index (χ1) is 17.4. The summed E-state index contributed by atoms with van der Waals surface area (Å²) >= 11 is 6.67. The monoisotopic (exact) mass is 530 g/mol. The summed E-state index contributed by atoms with van der Waals surface area (Å²) in [6.07, 6.45) is 7.20. The molecular formula is C30H43ClN2O4. The Morgan fingerprint density at radius 2 is 1.84 bits per heavy atom. The van der Waals surface area contributed by atoms with Gasteiger partial charge in [-0.2, -0.15) is 0 Å². The molecule has 0 amide bonds. The summed E-state index contributed by atoms with van der Waals surface area (Å²) in [5, 5.41) is 4.31. The minimum absolute atomic E-state index is 0.119. The zero-order valence-electron chi connectivity index (χ0n) is 23.2. The van der Waals surface area contributed by atoms with Crippen molar-refractivity contribution in [1.29, 1.82) is 0 Å². The maximum absolute atomic E-state index is 12.7. The number of anilines is 1. The Hall–Kier alpha value is -2.47. The highest BCUT2D eigenvalue weighted by Gasteiger charge is 2.32. The van der Waals surface area contributed by atoms with Gasteiger partial charge in [0.05, 0.1) is 12.0 Å². The molecular weight excluding hydrogens is 488 g/mol. The normalized spacial score (nSPS) is 16.5. The van der Waals surface area contributed by atoms with Gasteiger partial charge < -0.3 is 14.8 Å². The third kappa shape index (κ3) is 7.76. The fraction of sp³-hybridized carbons (Fsp3) is 0.600. The molecule has 0 radical (unpaired) electrons. The van der Waals surface area contributed by atoms with E-state index in [4.69, 9.17) is 21.1 Å². The van der Waals surface area contributed by atoms with E-state index in [-0.39, 0.29) is 18.0 Å². The van der Waals surface area contributed by atoms with E-state index in [9.17, 15) is 9.59 Å². The Bertz CT molecular complexity index is 1070. The number of benzene rings is 1. The molecule has 2 aromatic rings. The highest BCUT2D eigenvalue weighted by molar-refractivity contribution is 6.31. The van der Waals surface area contributed by atoms with Crippen molar-refractivity contribution in [3.05, 3.63) is 52.7 Å². The van der Waals surface area contributed by atoms with Crippen molar-refractivity contribution in [1.82, 2.24) is 4.57 Å². The summed E-state index contributed by atoms with van der Waals surface area (Å²) in [6.45, 7) is 12.6. The van der Waals surface area contributed by atoms with Crippen molar-refractivity contribution < 1.29 is 19.1 Å². The summed E-state index contributed by atoms with van der Waals surface area (Å²) in [7, 11) is 0. The third-order valence-corrected chi connectivity index (χ3v) is 7.44. The van der Waals surface area contributed by atoms with Gasteiger partial charge in [-0.25, -0.2) is 9.36 Å². The molecule has 204 valence electrons. The summed E-state index contributed by atoms with van der Waals surface area (Å²) in [5.41, 5.74) is 1.29. The van der Waals surface area contributed by atoms with Gasteiger partial charge >= 0.3 is 12.1 Å². The summed E-state index contributed by atoms with van der Waals surface area (Å²) in [4.78, 5) is 24.9. The minimum atomic E-state index is -0.549. The number of nitrogens with zero attached hydrogens (tertiary/aromatic N) is 1. The lowest BCUT2D eigenvalue weighted by molar-refractivity contribution is -0.153. The smallest absolute Gasteiger partial charge is 0.420 e. The van der Waals surface area contributed by atoms with Crippen molar-refractivity contribution in [2.45, 2.75) is 91.6 Å². The van der Waals surface area contributed by atoms with E-state index in [0.29, 0.717) is 12.5 Å². The quantitative estimate of drug-likeness (QED) is 0.250. The molecule has 3 rings (SSSR count). The fourth-order valence-corrected chi connectivity index (χ4v) is 5.40. The average Bonchev–Trinajstić information content (AvgIpc) is 3.25. The Kier molecular flexibility index (Phi) is 9.74. The van der Waals surface area contributed by atoms with Crippen molar-refractivity contribution in [2.75, 3.05) is 18.5 Å². The molecule has 0 fully saturated rings. The van der Waals surface area contributed by atoms with Crippen LogP contribution in [-0.2, 0) is 20.7 Å². The maximum Gasteiger partial charge on any atom is 0.420 e. The topological polar surface area (TPSA) is 69.6 Å². The molecule has 1 aromatic heterocycles. The number of unbranched alkanes of at least 4 members (excludes halogenated alkanes) is 2. The van der Waals surface area contributed by atoms with Crippen molar-refractivity contribution in [2.24, 2.45) is 11.3 Å². The van der Waals surface area contributed by atoms with Crippen LogP contribution in [0.1, 0.15) is 90.7 Å². The van der Waals surface area contributed by atoms with Gasteiger partial charge in [-0.15, -0.1) is 0 Å². The van der Waals surface area contributed by atoms with Gasteiger partial charge in [0, 0.05) is 17.8 Å². The Balaban J connectivity index is 1.67. The van der Waals surface area contributed by atoms with Crippen LogP contribution in [0.2, 0.25) is 5.02 Å². The Morgan fingerprint density at radius 3 is 2.51 bits per heavy atom. The molecule has 0 saturated heterocycles. The molecule has 2 heterocycles. The number of halogens is 1. The number of nitrogens with one attached hydrogen (secondary N) is 1. The number of hydrogen-bond acceptors (Lipinski definition) is 5. The Labute approximate surface area is 227 Å². The van der Waals surface area contributed by atoms with E-state index in [1.54, 1.807) is 10.8 Å². The van der Waals surface area contributed by atoms with Crippen LogP contribution in [0, 0.1) is 11.3 Å². The van der Waals surface area contributed by atoms with Gasteiger partial charge in [-0.3, -0.25) is 4.79 Å². The average molecular weight is 531 g/mol. The van der Waals surface area contributed by atoms with E-state index >= 15 is 0 Å². The van der Waals surface area contributed by atoms with E-state index < -0.39 is 11.0 Å². The number of rotatable bonds is 10. The van der Waals surface area contributed by atoms with Crippen LogP contribution in [0.15, 0.2) is 36.5 Å². The molecule has 2 unspecified atom stereocenters. The molecule has 0 spiro atoms. The van der Waals surface area contributed by atoms with E-state index in [2.05, 4.69) is 17.4 Å². The minimum Gasteiger partial charge on any atom is -0.466 e. The highest BCUT2D eigenvalue weighted by Crippen LogP contribution is 2.40. The van der Waals surface area contributed by atoms with Gasteiger partial charge in [0.15, 0.2) is 0 Å². The molecule has 1 aromatic carbocycles. The highest BCUT2D eigenvalue weighted by atomic mass is 35.5. The van der Waals surface area contributed by atoms with Crippen LogP contribution >= 0.6 is 11.6 Å². The van der Waals surface area contributed by atoms with Crippen molar-refractivity contribution >= 4 is 29.5 Å². The first-order valence-electron chi connectivity index (χ1n) is 13.5. The first-order valence-corrected chi connectivity index (χ1v) is 13.9. The number of aromatic nitrogens is 1. The van der Waals surface area contributed by atoms with Crippen LogP contribution in [0.25, 0.3) is 0 Å². The zero-order valence-corrected chi connectivity index (χ0v) is 24.0. The molecule has 7 heteroatoms. The van der Waals surface area contributed by atoms with Crippen LogP contribution in [-0.4, -0.2) is 35.4 Å². The second-order valence-corrected chi connectivity index (χ2v) is 12.1. The second-order valence-electron chi connectivity index (χ2n) is 11.7. The summed E-state index contributed by atoms with van der Waals surface area (Å²) < 4.78 is 12.4. The maximum atomic E-state index is 12.7. The summed E-state index contributed by atoms with van der Waals surface area (Å²) in [6, 6.07) is 10.1. The summed E-state index contributed by atoms with van der Waals surface area (Å²) in [5.74, 6) is 1.34. The molecule has 1 N–H and O–H groups in total. The fourth-order valence-electron chi connectivity index (χ4n) is 5.12. The molecule has 6 nitrogen and oxygen atoms in total. The molecule has 0 bridgehead atoms. The molecule has 0 aliphatic carbocycles. The lowest BCUT2D eigenvalue weighted by Gasteiger charge is -2.33. The molecule has 2 atom stereocenters. The first kappa shape index (κ1) is 29.1. The van der Waals surface area contributed by atoms with E-state index in [0.717, 1.165) is 61.5 Å². The van der Waals surface area contributed by atoms with Crippen LogP contribution in [0.4, 0.5) is 10.6 Å². The predicted molar refractivity (Wildman–Crippen MR) is 149 cm³/mol. The largest absolute Gasteiger partial charge is 0.466 e. The van der Waals surface area contributed by atoms with E-state index in [1.807, 2.05) is 59.7 Å². The second kappa shape index (κ2) is 12.4. The third-order valence-electron chi connectivity index (χ3n) is 7.09. The van der Waals surface area contributed by atoms with Gasteiger partial charge in [0.1, 0.15) is 11.4 Å². The van der Waals surface area contributed by atoms with Crippen LogP contribution in [0.3, 0.4) is 0 Å². The zero-order chi connectivity index (χ0) is 27.2. The van der Waals surface area contributed by atoms with Gasteiger partial charge in [-0.05, 0) is 95.9 Å². The van der Waals surface area contributed by atoms with Gasteiger partial charge in [-0.1, -0.05) is 49.1 Å². The number of fused-ring (bicyclic) bond motifs is 1. The van der Waals surface area contributed by atoms with Crippen molar-refractivity contribution in [3.63, 3.8) is 0 Å². The van der Waals surface area contributed by atoms with E-state index in [1.165, 1.54) is 5.56 Å². The standard InChI is InChI=1S/C30H43ClN2O4/c1-7-36-27(34)30(5,6)17-12-8-9-13-23(24-14-10-11-15-25(24)31)22-19-21-16-18-33(26(21)32-20-22)28(35)37-29(2,3)4/h10-11,14-16,18,22-23,32H,7-9,12-13,17,19-20H2,1-6H3. The van der Waals surface area contributed by atoms with Gasteiger partial charge in [0.2, 0.25) is 0 Å². The Morgan fingerprint density at radius 1 is 1.11 bits per heavy atom. The lowest BCUT2D eigenvalue weighted by atomic mass is 9.77. The molecule has 1 aliphatic heterocycles.